The molecule has 1 fully saturated rings. The Bertz CT molecular complexity index is 1090. The summed E-state index contributed by atoms with van der Waals surface area (Å²) in [5, 5.41) is 5.76. The maximum absolute atomic E-state index is 13.2. The monoisotopic (exact) mass is 439 g/mol. The molecule has 162 valence electrons. The van der Waals surface area contributed by atoms with Crippen molar-refractivity contribution in [2.24, 2.45) is 5.92 Å². The molecule has 1 saturated carbocycles. The van der Waals surface area contributed by atoms with Gasteiger partial charge in [0.1, 0.15) is 5.69 Å². The molecule has 0 bridgehead atoms. The SMILES string of the molecule is O=C(Nc1ccc(-n2nc(C(F)(F)F)cc2C(F)(F)F)cc1)[C@@H]1C[C@H]1c1ccccc1. The van der Waals surface area contributed by atoms with Gasteiger partial charge in [-0.1, -0.05) is 30.3 Å². The van der Waals surface area contributed by atoms with E-state index in [2.05, 4.69) is 10.4 Å². The molecule has 1 aliphatic carbocycles. The van der Waals surface area contributed by atoms with E-state index >= 15 is 0 Å². The number of nitrogens with one attached hydrogen (secondary N) is 1. The molecule has 1 N–H and O–H groups in total. The van der Waals surface area contributed by atoms with E-state index in [0.717, 1.165) is 5.56 Å². The van der Waals surface area contributed by atoms with Gasteiger partial charge in [0.25, 0.3) is 0 Å². The molecule has 0 spiro atoms. The van der Waals surface area contributed by atoms with Gasteiger partial charge in [-0.2, -0.15) is 31.4 Å². The summed E-state index contributed by atoms with van der Waals surface area (Å²) in [7, 11) is 0. The van der Waals surface area contributed by atoms with Gasteiger partial charge in [-0.05, 0) is 42.2 Å². The van der Waals surface area contributed by atoms with Crippen molar-refractivity contribution in [3.63, 3.8) is 0 Å². The Morgan fingerprint density at radius 3 is 2.16 bits per heavy atom. The van der Waals surface area contributed by atoms with Crippen molar-refractivity contribution < 1.29 is 31.1 Å². The third kappa shape index (κ3) is 4.42. The maximum atomic E-state index is 13.2. The average Bonchev–Trinajstić information content (AvgIpc) is 3.37. The number of hydrogen-bond donors (Lipinski definition) is 1. The van der Waals surface area contributed by atoms with E-state index < -0.39 is 23.7 Å². The van der Waals surface area contributed by atoms with Gasteiger partial charge >= 0.3 is 12.4 Å². The number of aromatic nitrogens is 2. The summed E-state index contributed by atoms with van der Waals surface area (Å²) in [6.45, 7) is 0. The normalized spacial score (nSPS) is 18.6. The Hall–Kier alpha value is -3.30. The highest BCUT2D eigenvalue weighted by atomic mass is 19.4. The number of anilines is 1. The standard InChI is InChI=1S/C21H15F6N3O/c22-20(23,24)17-11-18(21(25,26)27)30(29-17)14-8-6-13(7-9-14)28-19(31)16-10-15(16)12-4-2-1-3-5-12/h1-9,11,15-16H,10H2,(H,28,31)/t15-,16+/m0/s1. The Labute approximate surface area is 172 Å². The van der Waals surface area contributed by atoms with Crippen molar-refractivity contribution in [3.8, 4) is 5.69 Å². The lowest BCUT2D eigenvalue weighted by Crippen LogP contribution is -2.15. The minimum Gasteiger partial charge on any atom is -0.326 e. The van der Waals surface area contributed by atoms with Crippen LogP contribution < -0.4 is 5.32 Å². The summed E-state index contributed by atoms with van der Waals surface area (Å²) < 4.78 is 78.2. The summed E-state index contributed by atoms with van der Waals surface area (Å²) in [6, 6.07) is 14.5. The maximum Gasteiger partial charge on any atom is 0.435 e. The topological polar surface area (TPSA) is 46.9 Å². The highest BCUT2D eigenvalue weighted by molar-refractivity contribution is 5.95. The molecule has 0 aliphatic heterocycles. The molecule has 1 aromatic heterocycles. The Kier molecular flexibility index (Phi) is 5.03. The van der Waals surface area contributed by atoms with Gasteiger partial charge in [0.2, 0.25) is 5.91 Å². The van der Waals surface area contributed by atoms with Crippen molar-refractivity contribution >= 4 is 11.6 Å². The van der Waals surface area contributed by atoms with Crippen LogP contribution in [0.25, 0.3) is 5.69 Å². The third-order valence-corrected chi connectivity index (χ3v) is 5.02. The van der Waals surface area contributed by atoms with Crippen LogP contribution in [0.3, 0.4) is 0 Å². The minimum atomic E-state index is -5.03. The molecule has 31 heavy (non-hydrogen) atoms. The number of carbonyl (C=O) groups is 1. The van der Waals surface area contributed by atoms with Crippen LogP contribution in [0.15, 0.2) is 60.7 Å². The van der Waals surface area contributed by atoms with Crippen LogP contribution in [0.2, 0.25) is 0 Å². The first-order valence-electron chi connectivity index (χ1n) is 9.25. The first kappa shape index (κ1) is 21.0. The van der Waals surface area contributed by atoms with Gasteiger partial charge < -0.3 is 5.32 Å². The quantitative estimate of drug-likeness (QED) is 0.534. The van der Waals surface area contributed by atoms with Crippen LogP contribution in [-0.2, 0) is 17.1 Å². The third-order valence-electron chi connectivity index (χ3n) is 5.02. The van der Waals surface area contributed by atoms with E-state index in [1.807, 2.05) is 30.3 Å². The minimum absolute atomic E-state index is 0.0352. The highest BCUT2D eigenvalue weighted by Crippen LogP contribution is 2.48. The molecule has 3 aromatic rings. The van der Waals surface area contributed by atoms with Crippen molar-refractivity contribution in [1.29, 1.82) is 0 Å². The van der Waals surface area contributed by atoms with Crippen LogP contribution >= 0.6 is 0 Å². The second-order valence-electron chi connectivity index (χ2n) is 7.22. The van der Waals surface area contributed by atoms with E-state index in [1.165, 1.54) is 24.3 Å². The van der Waals surface area contributed by atoms with Gasteiger partial charge in [0.15, 0.2) is 5.69 Å². The zero-order valence-corrected chi connectivity index (χ0v) is 15.7. The molecular weight excluding hydrogens is 424 g/mol. The largest absolute Gasteiger partial charge is 0.435 e. The number of hydrogen-bond acceptors (Lipinski definition) is 2. The summed E-state index contributed by atoms with van der Waals surface area (Å²) >= 11 is 0. The number of amides is 1. The number of rotatable bonds is 4. The smallest absolute Gasteiger partial charge is 0.326 e. The number of halogens is 6. The van der Waals surface area contributed by atoms with Crippen LogP contribution in [0, 0.1) is 5.92 Å². The first-order valence-corrected chi connectivity index (χ1v) is 9.25. The molecule has 1 aliphatic rings. The van der Waals surface area contributed by atoms with E-state index in [9.17, 15) is 31.1 Å². The Balaban J connectivity index is 1.50. The lowest BCUT2D eigenvalue weighted by molar-refractivity contribution is -0.143. The van der Waals surface area contributed by atoms with Gasteiger partial charge in [-0.25, -0.2) is 4.68 Å². The first-order chi connectivity index (χ1) is 14.5. The fourth-order valence-electron chi connectivity index (χ4n) is 3.39. The van der Waals surface area contributed by atoms with Gasteiger partial charge in [-0.15, -0.1) is 0 Å². The second kappa shape index (κ2) is 7.44. The molecule has 10 heteroatoms. The zero-order chi connectivity index (χ0) is 22.4. The lowest BCUT2D eigenvalue weighted by atomic mass is 10.1. The fraction of sp³-hybridized carbons (Fsp3) is 0.238. The lowest BCUT2D eigenvalue weighted by Gasteiger charge is -2.11. The van der Waals surface area contributed by atoms with Gasteiger partial charge in [0, 0.05) is 17.7 Å². The summed E-state index contributed by atoms with van der Waals surface area (Å²) in [5.41, 5.74) is -2.02. The summed E-state index contributed by atoms with van der Waals surface area (Å²) in [6.07, 6.45) is -9.35. The second-order valence-corrected chi connectivity index (χ2v) is 7.22. The predicted molar refractivity (Wildman–Crippen MR) is 99.5 cm³/mol. The van der Waals surface area contributed by atoms with Crippen molar-refractivity contribution in [2.75, 3.05) is 5.32 Å². The van der Waals surface area contributed by atoms with E-state index in [0.29, 0.717) is 12.1 Å². The van der Waals surface area contributed by atoms with Crippen LogP contribution in [0.4, 0.5) is 32.0 Å². The number of alkyl halides is 6. The fourth-order valence-corrected chi connectivity index (χ4v) is 3.39. The number of benzene rings is 2. The highest BCUT2D eigenvalue weighted by Gasteiger charge is 2.44. The number of nitrogens with zero attached hydrogens (tertiary/aromatic N) is 2. The van der Waals surface area contributed by atoms with Crippen molar-refractivity contribution in [1.82, 2.24) is 9.78 Å². The van der Waals surface area contributed by atoms with Gasteiger partial charge in [-0.3, -0.25) is 4.79 Å². The van der Waals surface area contributed by atoms with Crippen LogP contribution in [0.5, 0.6) is 0 Å². The molecule has 2 aromatic carbocycles. The van der Waals surface area contributed by atoms with E-state index in [1.54, 1.807) is 0 Å². The predicted octanol–water partition coefficient (Wildman–Crippen LogP) is 5.65. The molecule has 2 atom stereocenters. The van der Waals surface area contributed by atoms with Gasteiger partial charge in [0.05, 0.1) is 5.69 Å². The Morgan fingerprint density at radius 2 is 1.58 bits per heavy atom. The van der Waals surface area contributed by atoms with E-state index in [4.69, 9.17) is 0 Å². The number of carbonyl (C=O) groups excluding carboxylic acids is 1. The van der Waals surface area contributed by atoms with Crippen LogP contribution in [0.1, 0.15) is 29.3 Å². The summed E-state index contributed by atoms with van der Waals surface area (Å²) in [4.78, 5) is 12.4. The summed E-state index contributed by atoms with van der Waals surface area (Å²) in [5.74, 6) is -0.324. The molecular formula is C21H15F6N3O. The molecule has 4 nitrogen and oxygen atoms in total. The van der Waals surface area contributed by atoms with E-state index in [-0.39, 0.29) is 34.2 Å². The molecule has 1 amide bonds. The van der Waals surface area contributed by atoms with Crippen LogP contribution in [-0.4, -0.2) is 15.7 Å². The van der Waals surface area contributed by atoms with Crippen molar-refractivity contribution in [2.45, 2.75) is 24.7 Å². The molecule has 1 heterocycles. The van der Waals surface area contributed by atoms with Crippen molar-refractivity contribution in [3.05, 3.63) is 77.6 Å². The molecule has 0 unspecified atom stereocenters. The zero-order valence-electron chi connectivity index (χ0n) is 15.7. The Morgan fingerprint density at radius 1 is 0.935 bits per heavy atom. The average molecular weight is 439 g/mol. The molecule has 0 radical (unpaired) electrons. The molecule has 0 saturated heterocycles. The molecule has 4 rings (SSSR count).